The Hall–Kier alpha value is -1.06. The van der Waals surface area contributed by atoms with E-state index in [1.165, 1.54) is 11.3 Å². The molecular weight excluding hydrogens is 455 g/mol. The minimum absolute atomic E-state index is 0. The molecule has 1 heterocycles. The molecule has 7 heteroatoms. The number of methoxy groups -OCH3 is 1. The molecule has 2 rings (SSSR count). The third kappa shape index (κ3) is 7.46. The van der Waals surface area contributed by atoms with Crippen LogP contribution in [0.1, 0.15) is 26.3 Å². The van der Waals surface area contributed by atoms with Gasteiger partial charge in [0.25, 0.3) is 0 Å². The van der Waals surface area contributed by atoms with Crippen LogP contribution in [0.15, 0.2) is 29.3 Å². The smallest absolute Gasteiger partial charge is 0.191 e. The van der Waals surface area contributed by atoms with Crippen LogP contribution < -0.4 is 15.5 Å². The van der Waals surface area contributed by atoms with Gasteiger partial charge in [0, 0.05) is 46.0 Å². The Kier molecular flexibility index (Phi) is 10.4. The minimum Gasteiger partial charge on any atom is -0.379 e. The number of halogens is 1. The summed E-state index contributed by atoms with van der Waals surface area (Å²) in [6, 6.07) is 8.52. The molecule has 0 amide bonds. The molecule has 1 aromatic carbocycles. The number of guanidine groups is 1. The summed E-state index contributed by atoms with van der Waals surface area (Å²) in [4.78, 5) is 6.73. The number of nitrogens with one attached hydrogen (secondary N) is 2. The number of rotatable bonds is 6. The maximum Gasteiger partial charge on any atom is 0.191 e. The van der Waals surface area contributed by atoms with Crippen LogP contribution in [0, 0.1) is 5.41 Å². The van der Waals surface area contributed by atoms with Gasteiger partial charge in [0.1, 0.15) is 0 Å². The van der Waals surface area contributed by atoms with Crippen LogP contribution in [-0.2, 0) is 16.0 Å². The third-order valence-corrected chi connectivity index (χ3v) is 4.72. The molecule has 1 aromatic rings. The lowest BCUT2D eigenvalue weighted by molar-refractivity contribution is 0.0205. The third-order valence-electron chi connectivity index (χ3n) is 4.72. The topological polar surface area (TPSA) is 58.1 Å². The highest BCUT2D eigenvalue weighted by molar-refractivity contribution is 14.0. The molecule has 1 aliphatic rings. The summed E-state index contributed by atoms with van der Waals surface area (Å²) in [5, 5.41) is 6.80. The van der Waals surface area contributed by atoms with Gasteiger partial charge in [-0.2, -0.15) is 0 Å². The number of anilines is 1. The summed E-state index contributed by atoms with van der Waals surface area (Å²) >= 11 is 0. The summed E-state index contributed by atoms with van der Waals surface area (Å²) in [5.74, 6) is 0.785. The van der Waals surface area contributed by atoms with Crippen LogP contribution in [0.4, 0.5) is 5.69 Å². The predicted octanol–water partition coefficient (Wildman–Crippen LogP) is 2.87. The van der Waals surface area contributed by atoms with Crippen molar-refractivity contribution in [2.75, 3.05) is 51.9 Å². The van der Waals surface area contributed by atoms with E-state index in [-0.39, 0.29) is 35.5 Å². The Morgan fingerprint density at radius 1 is 1.22 bits per heavy atom. The van der Waals surface area contributed by atoms with E-state index in [4.69, 9.17) is 9.47 Å². The second-order valence-corrected chi connectivity index (χ2v) is 7.63. The molecule has 1 unspecified atom stereocenters. The van der Waals surface area contributed by atoms with Gasteiger partial charge in [0.2, 0.25) is 0 Å². The van der Waals surface area contributed by atoms with Crippen molar-refractivity contribution >= 4 is 35.6 Å². The molecule has 1 aliphatic heterocycles. The van der Waals surface area contributed by atoms with Gasteiger partial charge in [0.05, 0.1) is 19.3 Å². The van der Waals surface area contributed by atoms with Crippen molar-refractivity contribution in [1.29, 1.82) is 0 Å². The van der Waals surface area contributed by atoms with Gasteiger partial charge in [-0.25, -0.2) is 0 Å². The summed E-state index contributed by atoms with van der Waals surface area (Å²) < 4.78 is 11.1. The molecule has 0 aliphatic carbocycles. The monoisotopic (exact) mass is 490 g/mol. The normalized spacial score (nSPS) is 16.5. The lowest BCUT2D eigenvalue weighted by atomic mass is 9.89. The van der Waals surface area contributed by atoms with Gasteiger partial charge in [-0.05, 0) is 17.0 Å². The van der Waals surface area contributed by atoms with E-state index in [2.05, 4.69) is 65.6 Å². The largest absolute Gasteiger partial charge is 0.379 e. The molecule has 2 N–H and O–H groups in total. The molecule has 1 atom stereocenters. The minimum atomic E-state index is 0. The number of para-hydroxylation sites is 1. The van der Waals surface area contributed by atoms with Gasteiger partial charge < -0.3 is 25.0 Å². The van der Waals surface area contributed by atoms with Gasteiger partial charge in [-0.15, -0.1) is 24.0 Å². The average Bonchev–Trinajstić information content (AvgIpc) is 2.64. The Balaban J connectivity index is 0.00000364. The maximum atomic E-state index is 5.61. The number of ether oxygens (including phenoxy) is 2. The first kappa shape index (κ1) is 24.0. The fraction of sp³-hybridized carbons (Fsp3) is 0.650. The fourth-order valence-corrected chi connectivity index (χ4v) is 3.11. The highest BCUT2D eigenvalue weighted by atomic mass is 127. The number of aliphatic imine (C=N–C) groups is 1. The second-order valence-electron chi connectivity index (χ2n) is 7.63. The standard InChI is InChI=1S/C20H34N4O2.HI/c1-20(2,3)18(25-5)15-23-19(21-4)22-14-16-8-6-7-9-17(16)24-10-12-26-13-11-24;/h6-9,18H,10-15H2,1-5H3,(H2,21,22,23);1H. The molecule has 27 heavy (non-hydrogen) atoms. The lowest BCUT2D eigenvalue weighted by Crippen LogP contribution is -2.45. The van der Waals surface area contributed by atoms with Gasteiger partial charge in [-0.1, -0.05) is 39.0 Å². The Labute approximate surface area is 181 Å². The number of morpholine rings is 1. The van der Waals surface area contributed by atoms with Crippen molar-refractivity contribution < 1.29 is 9.47 Å². The highest BCUT2D eigenvalue weighted by Crippen LogP contribution is 2.22. The van der Waals surface area contributed by atoms with Crippen LogP contribution in [0.2, 0.25) is 0 Å². The maximum absolute atomic E-state index is 5.61. The van der Waals surface area contributed by atoms with Crippen LogP contribution in [-0.4, -0.2) is 59.1 Å². The van der Waals surface area contributed by atoms with E-state index in [1.807, 2.05) is 0 Å². The van der Waals surface area contributed by atoms with Crippen molar-refractivity contribution in [3.05, 3.63) is 29.8 Å². The lowest BCUT2D eigenvalue weighted by Gasteiger charge is -2.31. The number of nitrogens with zero attached hydrogens (tertiary/aromatic N) is 2. The van der Waals surface area contributed by atoms with Crippen molar-refractivity contribution in [2.24, 2.45) is 10.4 Å². The summed E-state index contributed by atoms with van der Waals surface area (Å²) in [6.45, 7) is 11.4. The molecule has 0 radical (unpaired) electrons. The molecule has 1 saturated heterocycles. The van der Waals surface area contributed by atoms with Crippen molar-refractivity contribution in [3.8, 4) is 0 Å². The van der Waals surface area contributed by atoms with Crippen LogP contribution in [0.5, 0.6) is 0 Å². The van der Waals surface area contributed by atoms with E-state index in [9.17, 15) is 0 Å². The summed E-state index contributed by atoms with van der Waals surface area (Å²) in [5.41, 5.74) is 2.60. The molecule has 6 nitrogen and oxygen atoms in total. The second kappa shape index (κ2) is 11.7. The number of hydrogen-bond acceptors (Lipinski definition) is 4. The first-order chi connectivity index (χ1) is 12.5. The van der Waals surface area contributed by atoms with Crippen molar-refractivity contribution in [2.45, 2.75) is 33.4 Å². The van der Waals surface area contributed by atoms with Gasteiger partial charge in [0.15, 0.2) is 5.96 Å². The predicted molar refractivity (Wildman–Crippen MR) is 123 cm³/mol. The van der Waals surface area contributed by atoms with Crippen LogP contribution >= 0.6 is 24.0 Å². The van der Waals surface area contributed by atoms with E-state index in [1.54, 1.807) is 14.2 Å². The SMILES string of the molecule is CN=C(NCc1ccccc1N1CCOCC1)NCC(OC)C(C)(C)C.I. The first-order valence-electron chi connectivity index (χ1n) is 9.33. The van der Waals surface area contributed by atoms with E-state index < -0.39 is 0 Å². The van der Waals surface area contributed by atoms with Crippen LogP contribution in [0.25, 0.3) is 0 Å². The number of hydrogen-bond donors (Lipinski definition) is 2. The van der Waals surface area contributed by atoms with Crippen molar-refractivity contribution in [1.82, 2.24) is 10.6 Å². The Bertz CT molecular complexity index is 584. The molecule has 0 bridgehead atoms. The molecule has 154 valence electrons. The number of benzene rings is 1. The van der Waals surface area contributed by atoms with E-state index >= 15 is 0 Å². The zero-order valence-corrected chi connectivity index (χ0v) is 19.6. The summed E-state index contributed by atoms with van der Waals surface area (Å²) in [6.07, 6.45) is 0.113. The Morgan fingerprint density at radius 2 is 1.89 bits per heavy atom. The van der Waals surface area contributed by atoms with Gasteiger partial charge >= 0.3 is 0 Å². The van der Waals surface area contributed by atoms with Crippen LogP contribution in [0.3, 0.4) is 0 Å². The highest BCUT2D eigenvalue weighted by Gasteiger charge is 2.24. The zero-order valence-electron chi connectivity index (χ0n) is 17.2. The molecule has 0 saturated carbocycles. The average molecular weight is 490 g/mol. The van der Waals surface area contributed by atoms with E-state index in [0.29, 0.717) is 6.54 Å². The zero-order chi connectivity index (χ0) is 19.0. The Morgan fingerprint density at radius 3 is 2.48 bits per heavy atom. The fourth-order valence-electron chi connectivity index (χ4n) is 3.11. The van der Waals surface area contributed by atoms with Gasteiger partial charge in [-0.3, -0.25) is 4.99 Å². The summed E-state index contributed by atoms with van der Waals surface area (Å²) in [7, 11) is 3.55. The van der Waals surface area contributed by atoms with Crippen molar-refractivity contribution in [3.63, 3.8) is 0 Å². The molecule has 0 spiro atoms. The molecule has 0 aromatic heterocycles. The molecular formula is C20H35IN4O2. The quantitative estimate of drug-likeness (QED) is 0.365. The first-order valence-corrected chi connectivity index (χ1v) is 9.33. The molecule has 1 fully saturated rings. The van der Waals surface area contributed by atoms with E-state index in [0.717, 1.165) is 38.8 Å².